The van der Waals surface area contributed by atoms with Gasteiger partial charge in [0.25, 0.3) is 5.91 Å². The van der Waals surface area contributed by atoms with Gasteiger partial charge in [-0.1, -0.05) is 12.1 Å². The second kappa shape index (κ2) is 9.32. The molecule has 0 fully saturated rings. The highest BCUT2D eigenvalue weighted by molar-refractivity contribution is 6.04. The van der Waals surface area contributed by atoms with Gasteiger partial charge in [0.1, 0.15) is 5.75 Å². The number of benzene rings is 2. The fourth-order valence-corrected chi connectivity index (χ4v) is 2.60. The Labute approximate surface area is 163 Å². The summed E-state index contributed by atoms with van der Waals surface area (Å²) in [5, 5.41) is 5.64. The molecule has 0 unspecified atom stereocenters. The van der Waals surface area contributed by atoms with Crippen LogP contribution < -0.4 is 15.4 Å². The number of hydrogen-bond acceptors (Lipinski definition) is 4. The van der Waals surface area contributed by atoms with Crippen LogP contribution in [-0.4, -0.2) is 23.4 Å². The van der Waals surface area contributed by atoms with Crippen molar-refractivity contribution in [3.05, 3.63) is 84.2 Å². The molecule has 0 atom stereocenters. The minimum Gasteiger partial charge on any atom is -0.494 e. The Balaban J connectivity index is 1.53. The number of rotatable bonds is 7. The zero-order valence-electron chi connectivity index (χ0n) is 15.5. The molecule has 0 saturated heterocycles. The third kappa shape index (κ3) is 5.41. The van der Waals surface area contributed by atoms with Crippen LogP contribution in [0, 0.1) is 0 Å². The fourth-order valence-electron chi connectivity index (χ4n) is 2.60. The predicted octanol–water partition coefficient (Wildman–Crippen LogP) is 3.91. The summed E-state index contributed by atoms with van der Waals surface area (Å²) < 4.78 is 5.39. The lowest BCUT2D eigenvalue weighted by Gasteiger charge is -2.09. The van der Waals surface area contributed by atoms with Crippen molar-refractivity contribution in [1.29, 1.82) is 0 Å². The van der Waals surface area contributed by atoms with Crippen molar-refractivity contribution in [3.8, 4) is 5.75 Å². The SMILES string of the molecule is CCOc1ccc(CC(=O)Nc2ccc(NC(=O)c3cccnc3)cc2)cc1. The van der Waals surface area contributed by atoms with Crippen LogP contribution >= 0.6 is 0 Å². The third-order valence-electron chi connectivity index (χ3n) is 3.95. The smallest absolute Gasteiger partial charge is 0.257 e. The summed E-state index contributed by atoms with van der Waals surface area (Å²) in [7, 11) is 0. The van der Waals surface area contributed by atoms with E-state index in [0.717, 1.165) is 11.3 Å². The number of hydrogen-bond donors (Lipinski definition) is 2. The van der Waals surface area contributed by atoms with Gasteiger partial charge in [0, 0.05) is 23.8 Å². The maximum Gasteiger partial charge on any atom is 0.257 e. The number of anilines is 2. The minimum absolute atomic E-state index is 0.115. The van der Waals surface area contributed by atoms with Crippen LogP contribution in [-0.2, 0) is 11.2 Å². The van der Waals surface area contributed by atoms with E-state index in [0.29, 0.717) is 23.5 Å². The van der Waals surface area contributed by atoms with Crippen molar-refractivity contribution in [2.24, 2.45) is 0 Å². The summed E-state index contributed by atoms with van der Waals surface area (Å²) in [5.74, 6) is 0.437. The lowest BCUT2D eigenvalue weighted by Crippen LogP contribution is -2.15. The fraction of sp³-hybridized carbons (Fsp3) is 0.136. The van der Waals surface area contributed by atoms with Crippen LogP contribution in [0.5, 0.6) is 5.75 Å². The Morgan fingerprint density at radius 3 is 2.21 bits per heavy atom. The molecule has 1 heterocycles. The summed E-state index contributed by atoms with van der Waals surface area (Å²) in [6.07, 6.45) is 3.39. The number of aromatic nitrogens is 1. The molecule has 2 amide bonds. The molecular weight excluding hydrogens is 354 g/mol. The number of carbonyl (C=O) groups excluding carboxylic acids is 2. The van der Waals surface area contributed by atoms with E-state index in [1.807, 2.05) is 31.2 Å². The molecule has 6 nitrogen and oxygen atoms in total. The average molecular weight is 375 g/mol. The molecule has 3 aromatic rings. The molecule has 0 aliphatic rings. The number of amides is 2. The second-order valence-electron chi connectivity index (χ2n) is 6.08. The van der Waals surface area contributed by atoms with Gasteiger partial charge in [-0.2, -0.15) is 0 Å². The summed E-state index contributed by atoms with van der Waals surface area (Å²) in [6.45, 7) is 2.54. The van der Waals surface area contributed by atoms with Crippen LogP contribution in [0.25, 0.3) is 0 Å². The van der Waals surface area contributed by atoms with Crippen molar-refractivity contribution in [3.63, 3.8) is 0 Å². The molecular formula is C22H21N3O3. The standard InChI is InChI=1S/C22H21N3O3/c1-2-28-20-11-5-16(6-12-20)14-21(26)24-18-7-9-19(10-8-18)25-22(27)17-4-3-13-23-15-17/h3-13,15H,2,14H2,1H3,(H,24,26)(H,25,27). The lowest BCUT2D eigenvalue weighted by molar-refractivity contribution is -0.115. The first-order valence-electron chi connectivity index (χ1n) is 8.97. The number of nitrogens with zero attached hydrogens (tertiary/aromatic N) is 1. The van der Waals surface area contributed by atoms with E-state index < -0.39 is 0 Å². The van der Waals surface area contributed by atoms with Gasteiger partial charge in [-0.05, 0) is 61.0 Å². The highest BCUT2D eigenvalue weighted by atomic mass is 16.5. The van der Waals surface area contributed by atoms with Gasteiger partial charge in [-0.15, -0.1) is 0 Å². The topological polar surface area (TPSA) is 80.3 Å². The van der Waals surface area contributed by atoms with Crippen molar-refractivity contribution < 1.29 is 14.3 Å². The molecule has 0 spiro atoms. The number of ether oxygens (including phenoxy) is 1. The van der Waals surface area contributed by atoms with Crippen LogP contribution in [0.3, 0.4) is 0 Å². The first-order chi connectivity index (χ1) is 13.6. The maximum absolute atomic E-state index is 12.2. The highest BCUT2D eigenvalue weighted by Gasteiger charge is 2.07. The van der Waals surface area contributed by atoms with Crippen LogP contribution in [0.1, 0.15) is 22.8 Å². The van der Waals surface area contributed by atoms with Gasteiger partial charge in [0.15, 0.2) is 0 Å². The lowest BCUT2D eigenvalue weighted by atomic mass is 10.1. The van der Waals surface area contributed by atoms with Crippen molar-refractivity contribution >= 4 is 23.2 Å². The number of nitrogens with one attached hydrogen (secondary N) is 2. The summed E-state index contributed by atoms with van der Waals surface area (Å²) >= 11 is 0. The Morgan fingerprint density at radius 2 is 1.61 bits per heavy atom. The second-order valence-corrected chi connectivity index (χ2v) is 6.08. The van der Waals surface area contributed by atoms with Gasteiger partial charge in [-0.25, -0.2) is 0 Å². The first-order valence-corrected chi connectivity index (χ1v) is 8.97. The Morgan fingerprint density at radius 1 is 0.929 bits per heavy atom. The van der Waals surface area contributed by atoms with Gasteiger partial charge < -0.3 is 15.4 Å². The first kappa shape index (κ1) is 19.1. The highest BCUT2D eigenvalue weighted by Crippen LogP contribution is 2.16. The molecule has 0 aliphatic heterocycles. The Bertz CT molecular complexity index is 924. The number of pyridine rings is 1. The Kier molecular flexibility index (Phi) is 6.36. The zero-order valence-corrected chi connectivity index (χ0v) is 15.5. The third-order valence-corrected chi connectivity index (χ3v) is 3.95. The molecule has 3 rings (SSSR count). The molecule has 142 valence electrons. The molecule has 0 saturated carbocycles. The zero-order chi connectivity index (χ0) is 19.8. The van der Waals surface area contributed by atoms with Crippen molar-refractivity contribution in [2.75, 3.05) is 17.2 Å². The van der Waals surface area contributed by atoms with E-state index in [9.17, 15) is 9.59 Å². The predicted molar refractivity (Wildman–Crippen MR) is 109 cm³/mol. The van der Waals surface area contributed by atoms with Crippen molar-refractivity contribution in [2.45, 2.75) is 13.3 Å². The molecule has 2 N–H and O–H groups in total. The van der Waals surface area contributed by atoms with E-state index in [4.69, 9.17) is 4.74 Å². The summed E-state index contributed by atoms with van der Waals surface area (Å²) in [6, 6.07) is 17.8. The maximum atomic E-state index is 12.2. The van der Waals surface area contributed by atoms with Crippen LogP contribution in [0.15, 0.2) is 73.1 Å². The molecule has 2 aromatic carbocycles. The van der Waals surface area contributed by atoms with E-state index in [2.05, 4.69) is 15.6 Å². The van der Waals surface area contributed by atoms with Gasteiger partial charge in [0.2, 0.25) is 5.91 Å². The Hall–Kier alpha value is -3.67. The van der Waals surface area contributed by atoms with Crippen LogP contribution in [0.4, 0.5) is 11.4 Å². The van der Waals surface area contributed by atoms with Crippen LogP contribution in [0.2, 0.25) is 0 Å². The van der Waals surface area contributed by atoms with Crippen molar-refractivity contribution in [1.82, 2.24) is 4.98 Å². The van der Waals surface area contributed by atoms with Gasteiger partial charge >= 0.3 is 0 Å². The molecule has 1 aromatic heterocycles. The summed E-state index contributed by atoms with van der Waals surface area (Å²) in [5.41, 5.74) is 2.69. The largest absolute Gasteiger partial charge is 0.494 e. The average Bonchev–Trinajstić information content (AvgIpc) is 2.72. The normalized spacial score (nSPS) is 10.2. The molecule has 0 radical (unpaired) electrons. The molecule has 0 bridgehead atoms. The summed E-state index contributed by atoms with van der Waals surface area (Å²) in [4.78, 5) is 28.3. The van der Waals surface area contributed by atoms with E-state index in [1.165, 1.54) is 6.20 Å². The molecule has 0 aliphatic carbocycles. The minimum atomic E-state index is -0.236. The number of carbonyl (C=O) groups is 2. The van der Waals surface area contributed by atoms with E-state index in [1.54, 1.807) is 42.6 Å². The van der Waals surface area contributed by atoms with E-state index >= 15 is 0 Å². The monoisotopic (exact) mass is 375 g/mol. The van der Waals surface area contributed by atoms with E-state index in [-0.39, 0.29) is 18.2 Å². The van der Waals surface area contributed by atoms with Gasteiger partial charge in [0.05, 0.1) is 18.6 Å². The molecule has 28 heavy (non-hydrogen) atoms. The molecule has 6 heteroatoms. The quantitative estimate of drug-likeness (QED) is 0.656. The van der Waals surface area contributed by atoms with Gasteiger partial charge in [-0.3, -0.25) is 14.6 Å².